The van der Waals surface area contributed by atoms with Gasteiger partial charge in [-0.3, -0.25) is 0 Å². The zero-order chi connectivity index (χ0) is 9.14. The fraction of sp³-hybridized carbons (Fsp3) is 0.111. The van der Waals surface area contributed by atoms with Crippen LogP contribution < -0.4 is 5.73 Å². The van der Waals surface area contributed by atoms with E-state index >= 15 is 0 Å². The first-order valence-electron chi connectivity index (χ1n) is 3.53. The standard InChI is InChI=1S/C9H11NO2/c1-6(11)9(10)7-2-4-8(12)5-3-7/h2-5,9,11-12H,1,10H2/t9-/m1/s1. The molecule has 0 aliphatic carbocycles. The maximum atomic E-state index is 8.96. The van der Waals surface area contributed by atoms with Crippen LogP contribution in [-0.4, -0.2) is 10.2 Å². The second-order valence-corrected chi connectivity index (χ2v) is 2.56. The van der Waals surface area contributed by atoms with Crippen molar-refractivity contribution in [2.24, 2.45) is 5.73 Å². The summed E-state index contributed by atoms with van der Waals surface area (Å²) in [6.45, 7) is 3.32. The fourth-order valence-electron chi connectivity index (χ4n) is 0.874. The molecule has 64 valence electrons. The molecule has 0 fully saturated rings. The average Bonchev–Trinajstić information content (AvgIpc) is 2.04. The van der Waals surface area contributed by atoms with Crippen molar-refractivity contribution in [3.05, 3.63) is 42.2 Å². The van der Waals surface area contributed by atoms with Gasteiger partial charge in [0.25, 0.3) is 0 Å². The Kier molecular flexibility index (Phi) is 2.35. The lowest BCUT2D eigenvalue weighted by molar-refractivity contribution is 0.372. The largest absolute Gasteiger partial charge is 0.511 e. The van der Waals surface area contributed by atoms with Gasteiger partial charge in [0, 0.05) is 0 Å². The molecule has 0 aromatic heterocycles. The van der Waals surface area contributed by atoms with Crippen LogP contribution in [0.25, 0.3) is 0 Å². The van der Waals surface area contributed by atoms with E-state index in [1.807, 2.05) is 0 Å². The molecule has 3 nitrogen and oxygen atoms in total. The van der Waals surface area contributed by atoms with Crippen LogP contribution in [0, 0.1) is 0 Å². The first-order valence-corrected chi connectivity index (χ1v) is 3.53. The molecular weight excluding hydrogens is 154 g/mol. The number of hydrogen-bond donors (Lipinski definition) is 3. The summed E-state index contributed by atoms with van der Waals surface area (Å²) < 4.78 is 0. The van der Waals surface area contributed by atoms with E-state index in [0.29, 0.717) is 0 Å². The van der Waals surface area contributed by atoms with Crippen LogP contribution >= 0.6 is 0 Å². The van der Waals surface area contributed by atoms with Gasteiger partial charge in [0.1, 0.15) is 11.5 Å². The van der Waals surface area contributed by atoms with E-state index in [2.05, 4.69) is 6.58 Å². The van der Waals surface area contributed by atoms with Crippen LogP contribution in [0.15, 0.2) is 36.6 Å². The molecular formula is C9H11NO2. The number of phenolic OH excluding ortho intramolecular Hbond substituents is 1. The minimum atomic E-state index is -0.578. The lowest BCUT2D eigenvalue weighted by Gasteiger charge is -2.09. The number of aromatic hydroxyl groups is 1. The van der Waals surface area contributed by atoms with Gasteiger partial charge in [0.05, 0.1) is 6.04 Å². The highest BCUT2D eigenvalue weighted by Gasteiger charge is 2.07. The lowest BCUT2D eigenvalue weighted by atomic mass is 10.1. The van der Waals surface area contributed by atoms with E-state index in [1.54, 1.807) is 12.1 Å². The normalized spacial score (nSPS) is 12.4. The molecule has 0 aliphatic rings. The topological polar surface area (TPSA) is 66.5 Å². The minimum absolute atomic E-state index is 0.0827. The highest BCUT2D eigenvalue weighted by atomic mass is 16.3. The molecule has 0 bridgehead atoms. The Morgan fingerprint density at radius 2 is 1.83 bits per heavy atom. The highest BCUT2D eigenvalue weighted by molar-refractivity contribution is 5.30. The summed E-state index contributed by atoms with van der Waals surface area (Å²) in [5.41, 5.74) is 6.28. The minimum Gasteiger partial charge on any atom is -0.511 e. The van der Waals surface area contributed by atoms with Gasteiger partial charge in [-0.25, -0.2) is 0 Å². The molecule has 3 heteroatoms. The van der Waals surface area contributed by atoms with Crippen molar-refractivity contribution in [3.8, 4) is 5.75 Å². The van der Waals surface area contributed by atoms with E-state index < -0.39 is 6.04 Å². The predicted octanol–water partition coefficient (Wildman–Crippen LogP) is 1.46. The van der Waals surface area contributed by atoms with Crippen LogP contribution in [0.3, 0.4) is 0 Å². The summed E-state index contributed by atoms with van der Waals surface area (Å²) in [6.07, 6.45) is 0. The molecule has 0 heterocycles. The lowest BCUT2D eigenvalue weighted by Crippen LogP contribution is -2.11. The van der Waals surface area contributed by atoms with E-state index in [-0.39, 0.29) is 11.5 Å². The third-order valence-electron chi connectivity index (χ3n) is 1.61. The summed E-state index contributed by atoms with van der Waals surface area (Å²) in [5, 5.41) is 17.9. The fourth-order valence-corrected chi connectivity index (χ4v) is 0.874. The van der Waals surface area contributed by atoms with Gasteiger partial charge in [-0.2, -0.15) is 0 Å². The van der Waals surface area contributed by atoms with Crippen LogP contribution in [-0.2, 0) is 0 Å². The zero-order valence-corrected chi connectivity index (χ0v) is 6.57. The summed E-state index contributed by atoms with van der Waals surface area (Å²) in [6, 6.07) is 5.73. The Bertz CT molecular complexity index is 279. The Morgan fingerprint density at radius 3 is 2.25 bits per heavy atom. The van der Waals surface area contributed by atoms with Gasteiger partial charge < -0.3 is 15.9 Å². The van der Waals surface area contributed by atoms with Crippen molar-refractivity contribution in [2.45, 2.75) is 6.04 Å². The third-order valence-corrected chi connectivity index (χ3v) is 1.61. The molecule has 0 aliphatic heterocycles. The second-order valence-electron chi connectivity index (χ2n) is 2.56. The van der Waals surface area contributed by atoms with E-state index in [1.165, 1.54) is 12.1 Å². The molecule has 1 aromatic rings. The Morgan fingerprint density at radius 1 is 1.33 bits per heavy atom. The number of aliphatic hydroxyl groups is 1. The van der Waals surface area contributed by atoms with Crippen molar-refractivity contribution < 1.29 is 10.2 Å². The maximum absolute atomic E-state index is 8.96. The number of benzene rings is 1. The summed E-state index contributed by atoms with van der Waals surface area (Å²) >= 11 is 0. The van der Waals surface area contributed by atoms with Crippen molar-refractivity contribution >= 4 is 0 Å². The first-order chi connectivity index (χ1) is 5.61. The summed E-state index contributed by atoms with van der Waals surface area (Å²) in [4.78, 5) is 0. The van der Waals surface area contributed by atoms with Gasteiger partial charge >= 0.3 is 0 Å². The molecule has 0 radical (unpaired) electrons. The molecule has 0 amide bonds. The first kappa shape index (κ1) is 8.62. The molecule has 1 aromatic carbocycles. The average molecular weight is 165 g/mol. The maximum Gasteiger partial charge on any atom is 0.115 e. The monoisotopic (exact) mass is 165 g/mol. The highest BCUT2D eigenvalue weighted by Crippen LogP contribution is 2.18. The van der Waals surface area contributed by atoms with Gasteiger partial charge in [0.2, 0.25) is 0 Å². The Balaban J connectivity index is 2.89. The Labute approximate surface area is 70.8 Å². The van der Waals surface area contributed by atoms with Crippen molar-refractivity contribution in [3.63, 3.8) is 0 Å². The third kappa shape index (κ3) is 1.77. The summed E-state index contributed by atoms with van der Waals surface area (Å²) in [5.74, 6) is 0.0928. The zero-order valence-electron chi connectivity index (χ0n) is 6.57. The van der Waals surface area contributed by atoms with Gasteiger partial charge in [-0.15, -0.1) is 0 Å². The second kappa shape index (κ2) is 3.28. The van der Waals surface area contributed by atoms with Gasteiger partial charge in [0.15, 0.2) is 0 Å². The van der Waals surface area contributed by atoms with Crippen LogP contribution in [0.5, 0.6) is 5.75 Å². The molecule has 0 saturated carbocycles. The Hall–Kier alpha value is -1.48. The SMILES string of the molecule is C=C(O)[C@@H](N)c1ccc(O)cc1. The molecule has 12 heavy (non-hydrogen) atoms. The van der Waals surface area contributed by atoms with Crippen LogP contribution in [0.4, 0.5) is 0 Å². The quantitative estimate of drug-likeness (QED) is 0.581. The number of aliphatic hydroxyl groups excluding tert-OH is 1. The van der Waals surface area contributed by atoms with E-state index in [4.69, 9.17) is 15.9 Å². The van der Waals surface area contributed by atoms with Crippen molar-refractivity contribution in [2.75, 3.05) is 0 Å². The number of hydrogen-bond acceptors (Lipinski definition) is 3. The summed E-state index contributed by atoms with van der Waals surface area (Å²) in [7, 11) is 0. The van der Waals surface area contributed by atoms with Gasteiger partial charge in [-0.05, 0) is 17.7 Å². The smallest absolute Gasteiger partial charge is 0.115 e. The number of rotatable bonds is 2. The van der Waals surface area contributed by atoms with Crippen molar-refractivity contribution in [1.82, 2.24) is 0 Å². The van der Waals surface area contributed by atoms with Crippen LogP contribution in [0.1, 0.15) is 11.6 Å². The number of phenols is 1. The molecule has 1 atom stereocenters. The number of nitrogens with two attached hydrogens (primary N) is 1. The molecule has 1 rings (SSSR count). The molecule has 4 N–H and O–H groups in total. The molecule has 0 saturated heterocycles. The molecule has 0 unspecified atom stereocenters. The van der Waals surface area contributed by atoms with E-state index in [0.717, 1.165) is 5.56 Å². The van der Waals surface area contributed by atoms with Gasteiger partial charge in [-0.1, -0.05) is 18.7 Å². The molecule has 0 spiro atoms. The van der Waals surface area contributed by atoms with Crippen LogP contribution in [0.2, 0.25) is 0 Å². The van der Waals surface area contributed by atoms with Crippen molar-refractivity contribution in [1.29, 1.82) is 0 Å². The van der Waals surface area contributed by atoms with E-state index in [9.17, 15) is 0 Å². The predicted molar refractivity (Wildman–Crippen MR) is 46.8 cm³/mol.